The van der Waals surface area contributed by atoms with Gasteiger partial charge in [-0.2, -0.15) is 0 Å². The number of benzene rings is 2. The predicted molar refractivity (Wildman–Crippen MR) is 122 cm³/mol. The van der Waals surface area contributed by atoms with Gasteiger partial charge in [0.05, 0.1) is 7.11 Å². The molecule has 0 radical (unpaired) electrons. The molecule has 0 unspecified atom stereocenters. The monoisotopic (exact) mass is 430 g/mol. The highest BCUT2D eigenvalue weighted by Gasteiger charge is 2.37. The Hall–Kier alpha value is -3.54. The molecule has 0 spiro atoms. The minimum Gasteiger partial charge on any atom is -0.497 e. The number of pyridine rings is 1. The van der Waals surface area contributed by atoms with Crippen molar-refractivity contribution in [2.45, 2.75) is 18.9 Å². The van der Waals surface area contributed by atoms with Crippen LogP contribution in [0.25, 0.3) is 11.1 Å². The molecule has 1 amide bonds. The Bertz CT molecular complexity index is 1170. The molecule has 2 bridgehead atoms. The molecule has 2 aromatic carbocycles. The molecule has 2 aliphatic heterocycles. The fraction of sp³-hybridized carbons (Fsp3) is 0.308. The lowest BCUT2D eigenvalue weighted by Crippen LogP contribution is -2.50. The van der Waals surface area contributed by atoms with Crippen molar-refractivity contribution in [2.24, 2.45) is 5.92 Å². The number of rotatable bonds is 5. The van der Waals surface area contributed by atoms with Gasteiger partial charge < -0.3 is 18.9 Å². The normalized spacial score (nSPS) is 19.2. The summed E-state index contributed by atoms with van der Waals surface area (Å²) >= 11 is 0. The van der Waals surface area contributed by atoms with E-state index in [2.05, 4.69) is 0 Å². The molecule has 0 N–H and O–H groups in total. The minimum absolute atomic E-state index is 0.0127. The molecule has 2 aliphatic rings. The number of carbonyl (C=O) groups is 1. The largest absolute Gasteiger partial charge is 0.497 e. The van der Waals surface area contributed by atoms with E-state index >= 15 is 0 Å². The number of carbonyl (C=O) groups excluding carboxylic acids is 1. The number of para-hydroxylation sites is 1. The molecule has 3 aromatic rings. The summed E-state index contributed by atoms with van der Waals surface area (Å²) in [6.07, 6.45) is 0.982. The second-order valence-corrected chi connectivity index (χ2v) is 8.51. The Kier molecular flexibility index (Phi) is 5.43. The lowest BCUT2D eigenvalue weighted by atomic mass is 9.80. The van der Waals surface area contributed by atoms with Crippen LogP contribution >= 0.6 is 0 Å². The molecule has 32 heavy (non-hydrogen) atoms. The first kappa shape index (κ1) is 20.4. The summed E-state index contributed by atoms with van der Waals surface area (Å²) in [6, 6.07) is 20.9. The molecule has 6 heteroatoms. The lowest BCUT2D eigenvalue weighted by molar-refractivity contribution is -0.136. The molecule has 5 rings (SSSR count). The van der Waals surface area contributed by atoms with Crippen LogP contribution in [0.3, 0.4) is 0 Å². The van der Waals surface area contributed by atoms with Gasteiger partial charge in [-0.05, 0) is 48.2 Å². The van der Waals surface area contributed by atoms with E-state index in [1.165, 1.54) is 0 Å². The van der Waals surface area contributed by atoms with Crippen LogP contribution in [0.1, 0.15) is 18.0 Å². The van der Waals surface area contributed by atoms with Crippen molar-refractivity contribution in [2.75, 3.05) is 26.8 Å². The maximum Gasteiger partial charge on any atom is 0.260 e. The number of methoxy groups -OCH3 is 1. The fourth-order valence-electron chi connectivity index (χ4n) is 4.99. The number of amides is 1. The Morgan fingerprint density at radius 2 is 1.72 bits per heavy atom. The first-order chi connectivity index (χ1) is 15.6. The van der Waals surface area contributed by atoms with E-state index in [1.54, 1.807) is 13.2 Å². The highest BCUT2D eigenvalue weighted by atomic mass is 16.5. The highest BCUT2D eigenvalue weighted by molar-refractivity contribution is 5.78. The van der Waals surface area contributed by atoms with E-state index in [-0.39, 0.29) is 29.9 Å². The first-order valence-corrected chi connectivity index (χ1v) is 11.0. The van der Waals surface area contributed by atoms with Gasteiger partial charge in [-0.15, -0.1) is 0 Å². The molecule has 0 aliphatic carbocycles. The van der Waals surface area contributed by atoms with E-state index in [4.69, 9.17) is 9.47 Å². The number of hydrogen-bond acceptors (Lipinski definition) is 4. The zero-order valence-corrected chi connectivity index (χ0v) is 18.1. The third-order valence-electron chi connectivity index (χ3n) is 6.45. The van der Waals surface area contributed by atoms with Crippen molar-refractivity contribution in [3.63, 3.8) is 0 Å². The van der Waals surface area contributed by atoms with Gasteiger partial charge in [0.2, 0.25) is 0 Å². The van der Waals surface area contributed by atoms with Crippen LogP contribution in [-0.2, 0) is 11.3 Å². The molecular weight excluding hydrogens is 404 g/mol. The molecule has 0 saturated carbocycles. The van der Waals surface area contributed by atoms with Gasteiger partial charge in [-0.1, -0.05) is 30.3 Å². The van der Waals surface area contributed by atoms with E-state index in [9.17, 15) is 9.59 Å². The van der Waals surface area contributed by atoms with Crippen LogP contribution < -0.4 is 15.0 Å². The molecule has 2 atom stereocenters. The summed E-state index contributed by atoms with van der Waals surface area (Å²) < 4.78 is 12.9. The minimum atomic E-state index is -0.0127. The van der Waals surface area contributed by atoms with Gasteiger partial charge in [-0.3, -0.25) is 9.59 Å². The van der Waals surface area contributed by atoms with Gasteiger partial charge in [-0.25, -0.2) is 0 Å². The number of nitrogens with zero attached hydrogens (tertiary/aromatic N) is 2. The van der Waals surface area contributed by atoms with E-state index in [0.717, 1.165) is 29.0 Å². The highest BCUT2D eigenvalue weighted by Crippen LogP contribution is 2.40. The van der Waals surface area contributed by atoms with Crippen molar-refractivity contribution in [1.82, 2.24) is 9.47 Å². The Morgan fingerprint density at radius 1 is 0.938 bits per heavy atom. The van der Waals surface area contributed by atoms with Crippen molar-refractivity contribution >= 4 is 5.91 Å². The van der Waals surface area contributed by atoms with Crippen LogP contribution in [0.2, 0.25) is 0 Å². The van der Waals surface area contributed by atoms with Gasteiger partial charge in [0.25, 0.3) is 11.5 Å². The summed E-state index contributed by atoms with van der Waals surface area (Å²) in [5.41, 5.74) is 3.15. The standard InChI is InChI=1S/C26H26N2O4/c1-31-21-9-7-19(8-10-21)23-11-12-24(29)28-15-18-13-20(26(23)28)16-27(14-18)25(30)17-32-22-5-3-2-4-6-22/h2-12,18,20H,13-17H2,1H3/t18-,20-/m0/s1. The number of ether oxygens (including phenoxy) is 2. The fourth-order valence-corrected chi connectivity index (χ4v) is 4.99. The molecule has 6 nitrogen and oxygen atoms in total. The maximum absolute atomic E-state index is 12.9. The Balaban J connectivity index is 1.41. The molecule has 3 heterocycles. The van der Waals surface area contributed by atoms with Crippen LogP contribution in [0.4, 0.5) is 0 Å². The van der Waals surface area contributed by atoms with E-state index < -0.39 is 0 Å². The summed E-state index contributed by atoms with van der Waals surface area (Å²) in [4.78, 5) is 27.5. The zero-order valence-electron chi connectivity index (χ0n) is 18.1. The number of likely N-dealkylation sites (tertiary alicyclic amines) is 1. The van der Waals surface area contributed by atoms with Gasteiger partial charge in [0.1, 0.15) is 11.5 Å². The smallest absolute Gasteiger partial charge is 0.260 e. The maximum atomic E-state index is 12.9. The Morgan fingerprint density at radius 3 is 2.47 bits per heavy atom. The van der Waals surface area contributed by atoms with Crippen molar-refractivity contribution < 1.29 is 14.3 Å². The Labute approximate surface area is 187 Å². The SMILES string of the molecule is COc1ccc(-c2ccc(=O)n3c2[C@H]2C[C@@H](CN(C(=O)COc4ccccc4)C2)C3)cc1. The van der Waals surface area contributed by atoms with Crippen molar-refractivity contribution in [1.29, 1.82) is 0 Å². The number of piperidine rings is 1. The van der Waals surface area contributed by atoms with Crippen LogP contribution in [0.15, 0.2) is 71.5 Å². The topological polar surface area (TPSA) is 60.8 Å². The lowest BCUT2D eigenvalue weighted by Gasteiger charge is -2.43. The van der Waals surface area contributed by atoms with Gasteiger partial charge >= 0.3 is 0 Å². The second-order valence-electron chi connectivity index (χ2n) is 8.51. The summed E-state index contributed by atoms with van der Waals surface area (Å²) in [5, 5.41) is 0. The molecule has 1 aromatic heterocycles. The number of hydrogen-bond donors (Lipinski definition) is 0. The zero-order chi connectivity index (χ0) is 22.1. The first-order valence-electron chi connectivity index (χ1n) is 11.0. The summed E-state index contributed by atoms with van der Waals surface area (Å²) in [7, 11) is 1.65. The second kappa shape index (κ2) is 8.54. The molecule has 1 saturated heterocycles. The van der Waals surface area contributed by atoms with Gasteiger partial charge in [0, 0.05) is 42.9 Å². The third kappa shape index (κ3) is 3.88. The van der Waals surface area contributed by atoms with Crippen LogP contribution in [0, 0.1) is 5.92 Å². The molecule has 164 valence electrons. The van der Waals surface area contributed by atoms with Crippen LogP contribution in [0.5, 0.6) is 11.5 Å². The predicted octanol–water partition coefficient (Wildman–Crippen LogP) is 3.55. The van der Waals surface area contributed by atoms with Crippen molar-refractivity contribution in [3.05, 3.63) is 82.8 Å². The quantitative estimate of drug-likeness (QED) is 0.621. The van der Waals surface area contributed by atoms with Crippen molar-refractivity contribution in [3.8, 4) is 22.6 Å². The summed E-state index contributed by atoms with van der Waals surface area (Å²) in [6.45, 7) is 1.92. The average molecular weight is 431 g/mol. The van der Waals surface area contributed by atoms with Crippen LogP contribution in [-0.4, -0.2) is 42.2 Å². The van der Waals surface area contributed by atoms with E-state index in [1.807, 2.05) is 70.1 Å². The van der Waals surface area contributed by atoms with Gasteiger partial charge in [0.15, 0.2) is 6.61 Å². The molecular formula is C26H26N2O4. The number of aromatic nitrogens is 1. The summed E-state index contributed by atoms with van der Waals surface area (Å²) in [5.74, 6) is 1.86. The average Bonchev–Trinajstić information content (AvgIpc) is 2.84. The van der Waals surface area contributed by atoms with E-state index in [0.29, 0.717) is 25.4 Å². The number of fused-ring (bicyclic) bond motifs is 4. The third-order valence-corrected chi connectivity index (χ3v) is 6.45. The molecule has 1 fully saturated rings.